The molecule has 6 heteroatoms. The maximum Gasteiger partial charge on any atom is 0.228 e. The third-order valence-electron chi connectivity index (χ3n) is 6.03. The molecule has 0 bridgehead atoms. The molecule has 0 spiro atoms. The zero-order chi connectivity index (χ0) is 22.8. The Morgan fingerprint density at radius 3 is 2.70 bits per heavy atom. The molecule has 1 unspecified atom stereocenters. The van der Waals surface area contributed by atoms with E-state index in [-0.39, 0.29) is 24.2 Å². The molecule has 5 rings (SSSR count). The van der Waals surface area contributed by atoms with Gasteiger partial charge >= 0.3 is 0 Å². The van der Waals surface area contributed by atoms with Crippen molar-refractivity contribution in [3.63, 3.8) is 0 Å². The molecule has 4 aromatic rings. The number of hydrogen-bond acceptors (Lipinski definition) is 4. The minimum atomic E-state index is -0.316. The second-order valence-electron chi connectivity index (χ2n) is 8.19. The van der Waals surface area contributed by atoms with Crippen LogP contribution in [0.15, 0.2) is 72.8 Å². The van der Waals surface area contributed by atoms with Crippen molar-refractivity contribution in [3.05, 3.63) is 95.3 Å². The van der Waals surface area contributed by atoms with E-state index in [1.54, 1.807) is 19.2 Å². The average Bonchev–Trinajstić information content (AvgIpc) is 3.23. The topological polar surface area (TPSA) is 63.2 Å². The molecule has 33 heavy (non-hydrogen) atoms. The SMILES string of the molecule is COc1cccc2c1C(Nc1ccc3c(NC(=O)Cc4ccc(F)cc4)cccc3n1)CC2. The highest BCUT2D eigenvalue weighted by Gasteiger charge is 2.26. The molecule has 1 heterocycles. The Morgan fingerprint density at radius 1 is 1.06 bits per heavy atom. The van der Waals surface area contributed by atoms with Gasteiger partial charge < -0.3 is 15.4 Å². The summed E-state index contributed by atoms with van der Waals surface area (Å²) < 4.78 is 18.7. The lowest BCUT2D eigenvalue weighted by atomic mass is 10.1. The smallest absolute Gasteiger partial charge is 0.228 e. The first kappa shape index (κ1) is 20.9. The van der Waals surface area contributed by atoms with Gasteiger partial charge in [-0.05, 0) is 66.4 Å². The van der Waals surface area contributed by atoms with Crippen LogP contribution in [0, 0.1) is 5.82 Å². The van der Waals surface area contributed by atoms with Gasteiger partial charge in [-0.15, -0.1) is 0 Å². The lowest BCUT2D eigenvalue weighted by Gasteiger charge is -2.18. The van der Waals surface area contributed by atoms with Gasteiger partial charge in [-0.1, -0.05) is 30.3 Å². The van der Waals surface area contributed by atoms with Crippen LogP contribution in [0.5, 0.6) is 5.75 Å². The number of nitrogens with one attached hydrogen (secondary N) is 2. The maximum atomic E-state index is 13.1. The van der Waals surface area contributed by atoms with E-state index in [0.717, 1.165) is 40.9 Å². The number of anilines is 2. The van der Waals surface area contributed by atoms with Crippen molar-refractivity contribution in [2.45, 2.75) is 25.3 Å². The highest BCUT2D eigenvalue weighted by atomic mass is 19.1. The van der Waals surface area contributed by atoms with Crippen LogP contribution in [-0.2, 0) is 17.6 Å². The quantitative estimate of drug-likeness (QED) is 0.405. The Morgan fingerprint density at radius 2 is 1.88 bits per heavy atom. The molecular weight excluding hydrogens is 417 g/mol. The lowest BCUT2D eigenvalue weighted by molar-refractivity contribution is -0.115. The van der Waals surface area contributed by atoms with Crippen LogP contribution in [0.3, 0.4) is 0 Å². The normalized spacial score (nSPS) is 14.7. The Labute approximate surface area is 191 Å². The third kappa shape index (κ3) is 4.37. The summed E-state index contributed by atoms with van der Waals surface area (Å²) in [4.78, 5) is 17.3. The second kappa shape index (κ2) is 8.90. The van der Waals surface area contributed by atoms with Crippen molar-refractivity contribution < 1.29 is 13.9 Å². The fraction of sp³-hybridized carbons (Fsp3) is 0.185. The van der Waals surface area contributed by atoms with Gasteiger partial charge in [-0.3, -0.25) is 4.79 Å². The number of halogens is 1. The molecule has 5 nitrogen and oxygen atoms in total. The van der Waals surface area contributed by atoms with E-state index in [1.807, 2.05) is 42.5 Å². The van der Waals surface area contributed by atoms with Crippen molar-refractivity contribution in [1.29, 1.82) is 0 Å². The molecule has 0 radical (unpaired) electrons. The summed E-state index contributed by atoms with van der Waals surface area (Å²) in [6.45, 7) is 0. The van der Waals surface area contributed by atoms with Crippen LogP contribution in [0.1, 0.15) is 29.2 Å². The maximum absolute atomic E-state index is 13.1. The summed E-state index contributed by atoms with van der Waals surface area (Å²) in [5.74, 6) is 1.20. The van der Waals surface area contributed by atoms with Crippen LogP contribution in [-0.4, -0.2) is 18.0 Å². The van der Waals surface area contributed by atoms with Gasteiger partial charge in [0.15, 0.2) is 0 Å². The summed E-state index contributed by atoms with van der Waals surface area (Å²) in [5.41, 5.74) is 4.75. The van der Waals surface area contributed by atoms with E-state index in [0.29, 0.717) is 5.69 Å². The molecule has 1 aromatic heterocycles. The summed E-state index contributed by atoms with van der Waals surface area (Å²) in [5, 5.41) is 7.37. The van der Waals surface area contributed by atoms with Crippen LogP contribution in [0.2, 0.25) is 0 Å². The van der Waals surface area contributed by atoms with Gasteiger partial charge in [-0.2, -0.15) is 0 Å². The van der Waals surface area contributed by atoms with E-state index >= 15 is 0 Å². The number of fused-ring (bicyclic) bond motifs is 2. The number of benzene rings is 3. The first-order chi connectivity index (χ1) is 16.1. The molecular formula is C27H24FN3O2. The molecule has 166 valence electrons. The number of ether oxygens (including phenoxy) is 1. The van der Waals surface area contributed by atoms with Crippen LogP contribution in [0.25, 0.3) is 10.9 Å². The van der Waals surface area contributed by atoms with Gasteiger partial charge in [0.2, 0.25) is 5.91 Å². The van der Waals surface area contributed by atoms with E-state index in [4.69, 9.17) is 9.72 Å². The molecule has 0 saturated heterocycles. The predicted octanol–water partition coefficient (Wildman–Crippen LogP) is 5.66. The van der Waals surface area contributed by atoms with Crippen LogP contribution in [0.4, 0.5) is 15.9 Å². The number of carbonyl (C=O) groups excluding carboxylic acids is 1. The summed E-state index contributed by atoms with van der Waals surface area (Å²) in [6.07, 6.45) is 2.16. The second-order valence-corrected chi connectivity index (χ2v) is 8.19. The van der Waals surface area contributed by atoms with Crippen molar-refractivity contribution >= 4 is 28.3 Å². The Kier molecular flexibility index (Phi) is 5.65. The number of nitrogens with zero attached hydrogens (tertiary/aromatic N) is 1. The Bertz CT molecular complexity index is 1320. The van der Waals surface area contributed by atoms with E-state index in [1.165, 1.54) is 23.3 Å². The zero-order valence-electron chi connectivity index (χ0n) is 18.3. The summed E-state index contributed by atoms with van der Waals surface area (Å²) >= 11 is 0. The van der Waals surface area contributed by atoms with E-state index in [9.17, 15) is 9.18 Å². The first-order valence-corrected chi connectivity index (χ1v) is 11.0. The van der Waals surface area contributed by atoms with Gasteiger partial charge in [0, 0.05) is 10.9 Å². The first-order valence-electron chi connectivity index (χ1n) is 11.0. The fourth-order valence-electron chi connectivity index (χ4n) is 4.47. The molecule has 1 aliphatic rings. The van der Waals surface area contributed by atoms with Gasteiger partial charge in [0.05, 0.1) is 30.8 Å². The highest BCUT2D eigenvalue weighted by Crippen LogP contribution is 2.39. The number of carbonyl (C=O) groups is 1. The van der Waals surface area contributed by atoms with Gasteiger partial charge in [0.1, 0.15) is 17.4 Å². The van der Waals surface area contributed by atoms with Crippen LogP contribution >= 0.6 is 0 Å². The number of rotatable bonds is 6. The number of methoxy groups -OCH3 is 1. The number of pyridine rings is 1. The van der Waals surface area contributed by atoms with E-state index < -0.39 is 0 Å². The number of hydrogen-bond donors (Lipinski definition) is 2. The Hall–Kier alpha value is -3.93. The predicted molar refractivity (Wildman–Crippen MR) is 128 cm³/mol. The number of aromatic nitrogens is 1. The monoisotopic (exact) mass is 441 g/mol. The fourth-order valence-corrected chi connectivity index (χ4v) is 4.47. The number of amides is 1. The van der Waals surface area contributed by atoms with Crippen molar-refractivity contribution in [3.8, 4) is 5.75 Å². The Balaban J connectivity index is 1.34. The molecule has 0 fully saturated rings. The molecule has 0 saturated carbocycles. The molecule has 2 N–H and O–H groups in total. The zero-order valence-corrected chi connectivity index (χ0v) is 18.3. The van der Waals surface area contributed by atoms with Crippen molar-refractivity contribution in [2.75, 3.05) is 17.7 Å². The molecule has 1 atom stereocenters. The van der Waals surface area contributed by atoms with Crippen molar-refractivity contribution in [2.24, 2.45) is 0 Å². The highest BCUT2D eigenvalue weighted by molar-refractivity contribution is 6.01. The minimum absolute atomic E-state index is 0.139. The van der Waals surface area contributed by atoms with Gasteiger partial charge in [-0.25, -0.2) is 9.37 Å². The number of aryl methyl sites for hydroxylation is 1. The summed E-state index contributed by atoms with van der Waals surface area (Å²) in [6, 6.07) is 21.8. The summed E-state index contributed by atoms with van der Waals surface area (Å²) in [7, 11) is 1.70. The molecule has 3 aromatic carbocycles. The molecule has 1 aliphatic carbocycles. The van der Waals surface area contributed by atoms with Crippen molar-refractivity contribution in [1.82, 2.24) is 4.98 Å². The largest absolute Gasteiger partial charge is 0.496 e. The van der Waals surface area contributed by atoms with E-state index in [2.05, 4.69) is 16.7 Å². The lowest BCUT2D eigenvalue weighted by Crippen LogP contribution is -2.14. The standard InChI is InChI=1S/C27H24FN3O2/c1-33-24-7-2-4-18-10-14-23(27(18)24)30-25-15-13-20-21(29-25)5-3-6-22(20)31-26(32)16-17-8-11-19(28)12-9-17/h2-9,11-13,15,23H,10,14,16H2,1H3,(H,29,30)(H,31,32). The van der Waals surface area contributed by atoms with Gasteiger partial charge in [0.25, 0.3) is 0 Å². The molecule has 1 amide bonds. The van der Waals surface area contributed by atoms with Crippen LogP contribution < -0.4 is 15.4 Å². The third-order valence-corrected chi connectivity index (χ3v) is 6.03. The average molecular weight is 442 g/mol. The minimum Gasteiger partial charge on any atom is -0.496 e. The molecule has 0 aliphatic heterocycles.